The molecule has 0 heterocycles. The van der Waals surface area contributed by atoms with Gasteiger partial charge in [-0.2, -0.15) is 0 Å². The van der Waals surface area contributed by atoms with Gasteiger partial charge in [0.25, 0.3) is 0 Å². The number of primary sulfonamides is 1. The molecule has 1 aliphatic rings. The maximum atomic E-state index is 13.4. The minimum absolute atomic E-state index is 0.0267. The van der Waals surface area contributed by atoms with Gasteiger partial charge in [-0.1, -0.05) is 18.2 Å². The first-order valence-electron chi connectivity index (χ1n) is 13.4. The van der Waals surface area contributed by atoms with Crippen molar-refractivity contribution in [3.8, 4) is 28.4 Å². The van der Waals surface area contributed by atoms with Crippen molar-refractivity contribution in [1.29, 1.82) is 0 Å². The van der Waals surface area contributed by atoms with E-state index in [9.17, 15) is 22.8 Å². The molecule has 12 nitrogen and oxygen atoms in total. The molecule has 0 unspecified atom stereocenters. The second-order valence-corrected chi connectivity index (χ2v) is 11.5. The number of carbonyl (C=O) groups is 2. The van der Waals surface area contributed by atoms with E-state index in [1.165, 1.54) is 46.5 Å². The number of benzene rings is 2. The highest BCUT2D eigenvalue weighted by atomic mass is 32.2. The SMILES string of the molecule is COc1cc2c(c(OC)c1OC)-c1ccc(NCC(=O)NCc3ccc(S(N)(=O)=O)cc3)c(=O)cc1[C@@H](NC(C)=O)CC2. The van der Waals surface area contributed by atoms with E-state index in [-0.39, 0.29) is 40.9 Å². The number of rotatable bonds is 10. The largest absolute Gasteiger partial charge is 0.493 e. The summed E-state index contributed by atoms with van der Waals surface area (Å²) in [5, 5.41) is 13.7. The zero-order chi connectivity index (χ0) is 31.3. The summed E-state index contributed by atoms with van der Waals surface area (Å²) in [7, 11) is 0.762. The molecule has 1 atom stereocenters. The summed E-state index contributed by atoms with van der Waals surface area (Å²) >= 11 is 0. The summed E-state index contributed by atoms with van der Waals surface area (Å²) in [4.78, 5) is 38.1. The van der Waals surface area contributed by atoms with E-state index in [1.807, 2.05) is 6.07 Å². The molecule has 0 radical (unpaired) electrons. The van der Waals surface area contributed by atoms with Crippen molar-refractivity contribution in [2.24, 2.45) is 5.14 Å². The summed E-state index contributed by atoms with van der Waals surface area (Å²) in [5.74, 6) is 0.707. The summed E-state index contributed by atoms with van der Waals surface area (Å²) in [6.07, 6.45) is 1.09. The van der Waals surface area contributed by atoms with Crippen molar-refractivity contribution >= 4 is 27.5 Å². The Hall–Kier alpha value is -4.62. The number of anilines is 1. The summed E-state index contributed by atoms with van der Waals surface area (Å²) in [6, 6.07) is 12.1. The molecule has 3 aromatic carbocycles. The van der Waals surface area contributed by atoms with Crippen molar-refractivity contribution < 1.29 is 32.2 Å². The van der Waals surface area contributed by atoms with Crippen LogP contribution in [-0.4, -0.2) is 48.1 Å². The van der Waals surface area contributed by atoms with Crippen molar-refractivity contribution in [2.45, 2.75) is 37.2 Å². The van der Waals surface area contributed by atoms with Crippen LogP contribution in [-0.2, 0) is 32.6 Å². The maximum Gasteiger partial charge on any atom is 0.239 e. The second-order valence-electron chi connectivity index (χ2n) is 9.92. The van der Waals surface area contributed by atoms with Gasteiger partial charge in [-0.25, -0.2) is 13.6 Å². The predicted octanol–water partition coefficient (Wildman–Crippen LogP) is 2.24. The van der Waals surface area contributed by atoms with Crippen LogP contribution in [0.3, 0.4) is 0 Å². The monoisotopic (exact) mass is 610 g/mol. The lowest BCUT2D eigenvalue weighted by Gasteiger charge is -2.19. The normalized spacial score (nSPS) is 13.9. The molecule has 0 bridgehead atoms. The van der Waals surface area contributed by atoms with Gasteiger partial charge in [-0.3, -0.25) is 14.4 Å². The molecule has 4 rings (SSSR count). The van der Waals surface area contributed by atoms with Crippen LogP contribution in [0.15, 0.2) is 58.2 Å². The second kappa shape index (κ2) is 13.1. The fourth-order valence-electron chi connectivity index (χ4n) is 5.09. The number of nitrogens with one attached hydrogen (secondary N) is 3. The predicted molar refractivity (Wildman–Crippen MR) is 161 cm³/mol. The van der Waals surface area contributed by atoms with Crippen LogP contribution in [0.5, 0.6) is 17.2 Å². The van der Waals surface area contributed by atoms with Gasteiger partial charge in [0.2, 0.25) is 33.0 Å². The number of hydrogen-bond acceptors (Lipinski definition) is 9. The van der Waals surface area contributed by atoms with Crippen molar-refractivity contribution in [1.82, 2.24) is 10.6 Å². The number of methoxy groups -OCH3 is 3. The van der Waals surface area contributed by atoms with E-state index >= 15 is 0 Å². The molecule has 0 aromatic heterocycles. The highest BCUT2D eigenvalue weighted by Gasteiger charge is 2.29. The van der Waals surface area contributed by atoms with E-state index in [1.54, 1.807) is 24.3 Å². The third-order valence-corrected chi connectivity index (χ3v) is 8.03. The van der Waals surface area contributed by atoms with Crippen LogP contribution in [0.2, 0.25) is 0 Å². The number of fused-ring (bicyclic) bond motifs is 3. The van der Waals surface area contributed by atoms with Gasteiger partial charge < -0.3 is 30.2 Å². The average molecular weight is 611 g/mol. The number of hydrogen-bond donors (Lipinski definition) is 4. The minimum atomic E-state index is -3.81. The van der Waals surface area contributed by atoms with Gasteiger partial charge in [-0.15, -0.1) is 0 Å². The van der Waals surface area contributed by atoms with Crippen LogP contribution in [0.4, 0.5) is 5.69 Å². The molecule has 3 aromatic rings. The van der Waals surface area contributed by atoms with Gasteiger partial charge in [0, 0.05) is 19.0 Å². The van der Waals surface area contributed by atoms with Gasteiger partial charge in [0.15, 0.2) is 11.5 Å². The van der Waals surface area contributed by atoms with E-state index in [0.717, 1.165) is 11.1 Å². The number of carbonyl (C=O) groups excluding carboxylic acids is 2. The molecule has 13 heteroatoms. The lowest BCUT2D eigenvalue weighted by atomic mass is 9.95. The summed E-state index contributed by atoms with van der Waals surface area (Å²) in [6.45, 7) is 1.37. The molecule has 0 fully saturated rings. The van der Waals surface area contributed by atoms with Gasteiger partial charge in [0.1, 0.15) is 0 Å². The van der Waals surface area contributed by atoms with Crippen molar-refractivity contribution in [2.75, 3.05) is 33.2 Å². The molecule has 0 saturated heterocycles. The number of sulfonamides is 1. The van der Waals surface area contributed by atoms with Crippen LogP contribution in [0.25, 0.3) is 11.1 Å². The maximum absolute atomic E-state index is 13.4. The smallest absolute Gasteiger partial charge is 0.239 e. The highest BCUT2D eigenvalue weighted by Crippen LogP contribution is 2.50. The molecule has 228 valence electrons. The average Bonchev–Trinajstić information content (AvgIpc) is 3.21. The van der Waals surface area contributed by atoms with E-state index in [0.29, 0.717) is 46.8 Å². The number of nitrogens with two attached hydrogens (primary N) is 1. The minimum Gasteiger partial charge on any atom is -0.493 e. The Morgan fingerprint density at radius 2 is 1.67 bits per heavy atom. The molecule has 0 spiro atoms. The first kappa shape index (κ1) is 31.3. The Morgan fingerprint density at radius 1 is 0.977 bits per heavy atom. The number of amides is 2. The van der Waals surface area contributed by atoms with Crippen LogP contribution >= 0.6 is 0 Å². The number of ether oxygens (including phenoxy) is 3. The van der Waals surface area contributed by atoms with Crippen molar-refractivity contribution in [3.63, 3.8) is 0 Å². The van der Waals surface area contributed by atoms with E-state index < -0.39 is 16.1 Å². The van der Waals surface area contributed by atoms with Gasteiger partial charge in [0.05, 0.1) is 44.5 Å². The summed E-state index contributed by atoms with van der Waals surface area (Å²) < 4.78 is 39.8. The zero-order valence-corrected chi connectivity index (χ0v) is 25.1. The molecular weight excluding hydrogens is 576 g/mol. The molecular formula is C30H34N4O8S. The first-order valence-corrected chi connectivity index (χ1v) is 14.9. The Kier molecular flexibility index (Phi) is 9.56. The number of aryl methyl sites for hydroxylation is 1. The third kappa shape index (κ3) is 7.07. The van der Waals surface area contributed by atoms with Crippen molar-refractivity contribution in [3.05, 3.63) is 75.4 Å². The Labute approximate surface area is 249 Å². The topological polar surface area (TPSA) is 175 Å². The fraction of sp³-hybridized carbons (Fsp3) is 0.300. The molecule has 0 aliphatic heterocycles. The highest BCUT2D eigenvalue weighted by molar-refractivity contribution is 7.89. The Bertz CT molecular complexity index is 1710. The molecule has 2 amide bonds. The molecule has 1 aliphatic carbocycles. The van der Waals surface area contributed by atoms with Crippen LogP contribution in [0.1, 0.15) is 36.1 Å². The Balaban J connectivity index is 1.64. The fourth-order valence-corrected chi connectivity index (χ4v) is 5.60. The first-order chi connectivity index (χ1) is 20.5. The van der Waals surface area contributed by atoms with E-state index in [2.05, 4.69) is 16.0 Å². The molecule has 43 heavy (non-hydrogen) atoms. The lowest BCUT2D eigenvalue weighted by Crippen LogP contribution is -2.30. The zero-order valence-electron chi connectivity index (χ0n) is 24.3. The van der Waals surface area contributed by atoms with Crippen LogP contribution < -0.4 is 40.7 Å². The molecule has 5 N–H and O–H groups in total. The Morgan fingerprint density at radius 3 is 2.28 bits per heavy atom. The molecule has 0 saturated carbocycles. The lowest BCUT2D eigenvalue weighted by molar-refractivity contribution is -0.120. The van der Waals surface area contributed by atoms with E-state index in [4.69, 9.17) is 19.3 Å². The van der Waals surface area contributed by atoms with Gasteiger partial charge in [-0.05, 0) is 65.4 Å². The third-order valence-electron chi connectivity index (χ3n) is 7.10. The van der Waals surface area contributed by atoms with Gasteiger partial charge >= 0.3 is 0 Å². The quantitative estimate of drug-likeness (QED) is 0.268. The summed E-state index contributed by atoms with van der Waals surface area (Å²) in [5.41, 5.74) is 3.37. The van der Waals surface area contributed by atoms with Crippen LogP contribution in [0, 0.1) is 0 Å². The standard InChI is InChI=1S/C30H34N4O8S/c1-17(35)34-23-11-7-19-13-26(40-2)29(41-3)30(42-4)28(19)21-10-12-24(25(36)14-22(21)23)32-16-27(37)33-15-18-5-8-20(9-6-18)43(31,38)39/h5-6,8-10,12-14,23H,7,11,15-16H2,1-4H3,(H,32,36)(H,33,37)(H,34,35)(H2,31,38,39)/t23-/m0/s1.